The van der Waals surface area contributed by atoms with Crippen molar-refractivity contribution in [2.75, 3.05) is 18.2 Å². The Morgan fingerprint density at radius 3 is 2.48 bits per heavy atom. The Kier molecular flexibility index (Phi) is 6.53. The minimum absolute atomic E-state index is 0.127. The predicted molar refractivity (Wildman–Crippen MR) is 81.2 cm³/mol. The summed E-state index contributed by atoms with van der Waals surface area (Å²) in [6.45, 7) is 7.30. The highest BCUT2D eigenvalue weighted by Gasteiger charge is 2.32. The van der Waals surface area contributed by atoms with Crippen LogP contribution in [0.2, 0.25) is 0 Å². The van der Waals surface area contributed by atoms with E-state index in [4.69, 9.17) is 4.74 Å². The number of hydrogen-bond acceptors (Lipinski definition) is 5. The molecule has 0 radical (unpaired) electrons. The van der Waals surface area contributed by atoms with Crippen LogP contribution in [0.1, 0.15) is 33.4 Å². The first-order chi connectivity index (χ1) is 10.6. The van der Waals surface area contributed by atoms with Crippen molar-refractivity contribution < 1.29 is 22.7 Å². The second-order valence-electron chi connectivity index (χ2n) is 5.16. The summed E-state index contributed by atoms with van der Waals surface area (Å²) in [4.78, 5) is 15.1. The summed E-state index contributed by atoms with van der Waals surface area (Å²) in [5.41, 5.74) is 0.0159. The lowest BCUT2D eigenvalue weighted by molar-refractivity contribution is -0.142. The molecule has 0 saturated carbocycles. The zero-order valence-electron chi connectivity index (χ0n) is 13.5. The number of hydrazone groups is 1. The van der Waals surface area contributed by atoms with E-state index in [0.29, 0.717) is 0 Å². The number of nitrogens with zero attached hydrogens (tertiary/aromatic N) is 3. The number of aromatic nitrogens is 1. The fourth-order valence-corrected chi connectivity index (χ4v) is 1.53. The molecular formula is C15H20F3N3O2. The Balaban J connectivity index is 3.08. The van der Waals surface area contributed by atoms with Gasteiger partial charge in [0.1, 0.15) is 12.2 Å². The van der Waals surface area contributed by atoms with Gasteiger partial charge in [-0.05, 0) is 31.9 Å². The van der Waals surface area contributed by atoms with Crippen molar-refractivity contribution in [3.05, 3.63) is 24.0 Å². The van der Waals surface area contributed by atoms with Gasteiger partial charge in [0.2, 0.25) is 0 Å². The third-order valence-corrected chi connectivity index (χ3v) is 3.03. The fraction of sp³-hybridized carbons (Fsp3) is 0.533. The molecule has 0 N–H and O–H groups in total. The molecular weight excluding hydrogens is 311 g/mol. The summed E-state index contributed by atoms with van der Waals surface area (Å²) in [5, 5.41) is 5.58. The fourth-order valence-electron chi connectivity index (χ4n) is 1.53. The van der Waals surface area contributed by atoms with E-state index in [0.717, 1.165) is 18.0 Å². The molecule has 0 fully saturated rings. The van der Waals surface area contributed by atoms with Gasteiger partial charge in [-0.3, -0.25) is 9.80 Å². The number of anilines is 1. The zero-order chi connectivity index (χ0) is 17.6. The smallest absolute Gasteiger partial charge is 0.433 e. The van der Waals surface area contributed by atoms with Crippen LogP contribution in [0.25, 0.3) is 0 Å². The van der Waals surface area contributed by atoms with Crippen LogP contribution >= 0.6 is 0 Å². The first-order valence-corrected chi connectivity index (χ1v) is 7.16. The molecule has 0 aliphatic heterocycles. The lowest BCUT2D eigenvalue weighted by Crippen LogP contribution is -2.28. The summed E-state index contributed by atoms with van der Waals surface area (Å²) < 4.78 is 42.6. The Hall–Kier alpha value is -2.12. The molecule has 0 bridgehead atoms. The van der Waals surface area contributed by atoms with Crippen molar-refractivity contribution in [3.63, 3.8) is 0 Å². The Labute approximate surface area is 133 Å². The highest BCUT2D eigenvalue weighted by Crippen LogP contribution is 2.28. The molecule has 128 valence electrons. The zero-order valence-corrected chi connectivity index (χ0v) is 13.5. The summed E-state index contributed by atoms with van der Waals surface area (Å²) >= 11 is 0. The van der Waals surface area contributed by atoms with Gasteiger partial charge in [-0.2, -0.15) is 18.3 Å². The van der Waals surface area contributed by atoms with Gasteiger partial charge in [0, 0.05) is 5.71 Å². The van der Waals surface area contributed by atoms with Gasteiger partial charge in [0.25, 0.3) is 0 Å². The van der Waals surface area contributed by atoms with Gasteiger partial charge >= 0.3 is 12.1 Å². The third kappa shape index (κ3) is 5.88. The first-order valence-electron chi connectivity index (χ1n) is 7.16. The normalized spacial score (nSPS) is 12.4. The number of alkyl halides is 3. The standard InChI is InChI=1S/C15H20F3N3O2/c1-5-23-14(22)9-21(20-11(4)10(2)3)12-6-7-13(19-8-12)15(16,17)18/h6-8,10H,5,9H2,1-4H3/b20-11+. The number of esters is 1. The van der Waals surface area contributed by atoms with Gasteiger partial charge in [-0.15, -0.1) is 0 Å². The molecule has 0 atom stereocenters. The molecule has 1 aromatic heterocycles. The molecule has 0 spiro atoms. The number of carbonyl (C=O) groups excluding carboxylic acids is 1. The average Bonchev–Trinajstić information content (AvgIpc) is 2.45. The quantitative estimate of drug-likeness (QED) is 0.455. The van der Waals surface area contributed by atoms with E-state index in [-0.39, 0.29) is 24.8 Å². The van der Waals surface area contributed by atoms with Crippen molar-refractivity contribution in [1.82, 2.24) is 4.98 Å². The molecule has 1 rings (SSSR count). The SMILES string of the molecule is CCOC(=O)CN(/N=C(\C)C(C)C)c1ccc(C(F)(F)F)nc1. The second kappa shape index (κ2) is 7.94. The van der Waals surface area contributed by atoms with Gasteiger partial charge in [0.15, 0.2) is 0 Å². The van der Waals surface area contributed by atoms with Crippen molar-refractivity contribution in [2.24, 2.45) is 11.0 Å². The molecule has 1 heterocycles. The number of ether oxygens (including phenoxy) is 1. The third-order valence-electron chi connectivity index (χ3n) is 3.03. The number of pyridine rings is 1. The molecule has 0 saturated heterocycles. The van der Waals surface area contributed by atoms with E-state index in [2.05, 4.69) is 10.1 Å². The minimum atomic E-state index is -4.51. The van der Waals surface area contributed by atoms with Crippen molar-refractivity contribution in [2.45, 2.75) is 33.9 Å². The highest BCUT2D eigenvalue weighted by atomic mass is 19.4. The average molecular weight is 331 g/mol. The van der Waals surface area contributed by atoms with Crippen molar-refractivity contribution >= 4 is 17.4 Å². The summed E-state index contributed by atoms with van der Waals surface area (Å²) in [6, 6.07) is 2.08. The Bertz CT molecular complexity index is 554. The second-order valence-corrected chi connectivity index (χ2v) is 5.16. The predicted octanol–water partition coefficient (Wildman–Crippen LogP) is 3.50. The molecule has 1 aromatic rings. The number of halogens is 3. The molecule has 5 nitrogen and oxygen atoms in total. The lowest BCUT2D eigenvalue weighted by atomic mass is 10.1. The molecule has 0 amide bonds. The van der Waals surface area contributed by atoms with Gasteiger partial charge in [-0.25, -0.2) is 4.98 Å². The van der Waals surface area contributed by atoms with E-state index in [9.17, 15) is 18.0 Å². The summed E-state index contributed by atoms with van der Waals surface area (Å²) in [7, 11) is 0. The lowest BCUT2D eigenvalue weighted by Gasteiger charge is -2.20. The van der Waals surface area contributed by atoms with Gasteiger partial charge < -0.3 is 4.74 Å². The van der Waals surface area contributed by atoms with E-state index in [1.165, 1.54) is 11.1 Å². The Morgan fingerprint density at radius 2 is 2.04 bits per heavy atom. The molecule has 8 heteroatoms. The van der Waals surface area contributed by atoms with Crippen LogP contribution in [0, 0.1) is 5.92 Å². The van der Waals surface area contributed by atoms with E-state index < -0.39 is 17.8 Å². The largest absolute Gasteiger partial charge is 0.465 e. The molecule has 0 aromatic carbocycles. The van der Waals surface area contributed by atoms with Crippen LogP contribution in [-0.4, -0.2) is 29.8 Å². The minimum Gasteiger partial charge on any atom is -0.465 e. The van der Waals surface area contributed by atoms with Crippen molar-refractivity contribution in [1.29, 1.82) is 0 Å². The monoisotopic (exact) mass is 331 g/mol. The van der Waals surface area contributed by atoms with Crippen LogP contribution in [0.15, 0.2) is 23.4 Å². The maximum atomic E-state index is 12.6. The van der Waals surface area contributed by atoms with Crippen LogP contribution in [0.5, 0.6) is 0 Å². The van der Waals surface area contributed by atoms with E-state index in [1.54, 1.807) is 13.8 Å². The molecule has 23 heavy (non-hydrogen) atoms. The van der Waals surface area contributed by atoms with Crippen molar-refractivity contribution in [3.8, 4) is 0 Å². The summed E-state index contributed by atoms with van der Waals surface area (Å²) in [6.07, 6.45) is -3.47. The van der Waals surface area contributed by atoms with Crippen LogP contribution in [-0.2, 0) is 15.7 Å². The molecule has 0 aliphatic rings. The number of rotatable bonds is 6. The maximum Gasteiger partial charge on any atom is 0.433 e. The summed E-state index contributed by atoms with van der Waals surface area (Å²) in [5.74, 6) is -0.394. The van der Waals surface area contributed by atoms with Gasteiger partial charge in [0.05, 0.1) is 18.5 Å². The molecule has 0 aliphatic carbocycles. The Morgan fingerprint density at radius 1 is 1.39 bits per heavy atom. The number of hydrogen-bond donors (Lipinski definition) is 0. The van der Waals surface area contributed by atoms with Gasteiger partial charge in [-0.1, -0.05) is 13.8 Å². The maximum absolute atomic E-state index is 12.6. The van der Waals surface area contributed by atoms with E-state index in [1.807, 2.05) is 13.8 Å². The first kappa shape index (κ1) is 18.9. The van der Waals surface area contributed by atoms with Crippen LogP contribution < -0.4 is 5.01 Å². The number of carbonyl (C=O) groups is 1. The topological polar surface area (TPSA) is 54.8 Å². The van der Waals surface area contributed by atoms with Crippen LogP contribution in [0.4, 0.5) is 18.9 Å². The highest BCUT2D eigenvalue weighted by molar-refractivity contribution is 5.85. The van der Waals surface area contributed by atoms with Crippen LogP contribution in [0.3, 0.4) is 0 Å². The molecule has 0 unspecified atom stereocenters. The van der Waals surface area contributed by atoms with E-state index >= 15 is 0 Å².